The minimum absolute atomic E-state index is 0.0701. The number of hydrogen-bond donors (Lipinski definition) is 0. The van der Waals surface area contributed by atoms with Gasteiger partial charge >= 0.3 is 0 Å². The summed E-state index contributed by atoms with van der Waals surface area (Å²) in [6.07, 6.45) is 0. The van der Waals surface area contributed by atoms with Crippen LogP contribution in [0, 0.1) is 13.7 Å². The van der Waals surface area contributed by atoms with Crippen molar-refractivity contribution in [2.24, 2.45) is 0 Å². The van der Waals surface area contributed by atoms with Gasteiger partial charge in [-0.25, -0.2) is 0 Å². The molecule has 6 heteroatoms. The van der Waals surface area contributed by atoms with Crippen molar-refractivity contribution in [3.8, 4) is 5.75 Å². The lowest BCUT2D eigenvalue weighted by Crippen LogP contribution is -2.44. The van der Waals surface area contributed by atoms with Gasteiger partial charge in [0.25, 0.3) is 14.0 Å². The average Bonchev–Trinajstić information content (AvgIpc) is 2.18. The molecule has 0 bridgehead atoms. The van der Waals surface area contributed by atoms with Crippen LogP contribution in [0.5, 0.6) is 5.75 Å². The molecule has 0 spiro atoms. The van der Waals surface area contributed by atoms with Crippen molar-refractivity contribution in [2.45, 2.75) is 38.9 Å². The van der Waals surface area contributed by atoms with Crippen LogP contribution >= 0.6 is 22.6 Å². The number of halogens is 1. The highest BCUT2D eigenvalue weighted by atomic mass is 127. The predicted molar refractivity (Wildman–Crippen MR) is 83.6 cm³/mol. The topological polar surface area (TPSA) is 52.4 Å². The molecule has 0 fully saturated rings. The zero-order valence-corrected chi connectivity index (χ0v) is 14.4. The molecule has 100 valence electrons. The molecule has 1 aromatic carbocycles. The van der Waals surface area contributed by atoms with Crippen LogP contribution in [0.3, 0.4) is 0 Å². The number of rotatable bonds is 3. The van der Waals surface area contributed by atoms with E-state index in [9.17, 15) is 10.1 Å². The van der Waals surface area contributed by atoms with Gasteiger partial charge in [0.2, 0.25) is 0 Å². The van der Waals surface area contributed by atoms with E-state index in [0.717, 1.165) is 3.57 Å². The Hall–Kier alpha value is -0.633. The van der Waals surface area contributed by atoms with Gasteiger partial charge in [-0.05, 0) is 46.8 Å². The molecule has 0 aliphatic carbocycles. The van der Waals surface area contributed by atoms with Crippen LogP contribution in [-0.4, -0.2) is 13.2 Å². The molecule has 4 nitrogen and oxygen atoms in total. The Morgan fingerprint density at radius 3 is 2.33 bits per heavy atom. The van der Waals surface area contributed by atoms with Crippen LogP contribution in [-0.2, 0) is 0 Å². The number of nitro benzene ring substituents is 1. The van der Waals surface area contributed by atoms with E-state index in [1.54, 1.807) is 6.07 Å². The molecule has 0 aromatic heterocycles. The van der Waals surface area contributed by atoms with E-state index in [-0.39, 0.29) is 10.7 Å². The van der Waals surface area contributed by atoms with Crippen molar-refractivity contribution in [1.29, 1.82) is 0 Å². The maximum Gasteiger partial charge on any atom is 0.273 e. The van der Waals surface area contributed by atoms with Gasteiger partial charge in [0.1, 0.15) is 5.75 Å². The van der Waals surface area contributed by atoms with Gasteiger partial charge in [-0.1, -0.05) is 20.8 Å². The highest BCUT2D eigenvalue weighted by molar-refractivity contribution is 14.1. The van der Waals surface area contributed by atoms with Crippen LogP contribution < -0.4 is 4.43 Å². The van der Waals surface area contributed by atoms with E-state index in [2.05, 4.69) is 56.5 Å². The summed E-state index contributed by atoms with van der Waals surface area (Å²) in [6.45, 7) is 10.7. The summed E-state index contributed by atoms with van der Waals surface area (Å²) in [5, 5.41) is 10.9. The van der Waals surface area contributed by atoms with E-state index in [1.165, 1.54) is 12.1 Å². The molecule has 0 unspecified atom stereocenters. The fraction of sp³-hybridized carbons (Fsp3) is 0.500. The lowest BCUT2D eigenvalue weighted by Gasteiger charge is -2.36. The second-order valence-electron chi connectivity index (χ2n) is 5.73. The van der Waals surface area contributed by atoms with Crippen molar-refractivity contribution >= 4 is 36.6 Å². The van der Waals surface area contributed by atoms with E-state index < -0.39 is 13.2 Å². The number of benzene rings is 1. The molecule has 0 heterocycles. The first kappa shape index (κ1) is 15.4. The summed E-state index contributed by atoms with van der Waals surface area (Å²) in [6, 6.07) is 4.74. The summed E-state index contributed by atoms with van der Waals surface area (Å²) in [5.41, 5.74) is 0.0733. The molecule has 0 aliphatic rings. The molecule has 0 aliphatic heterocycles. The van der Waals surface area contributed by atoms with Gasteiger partial charge in [0.15, 0.2) is 0 Å². The lowest BCUT2D eigenvalue weighted by atomic mass is 10.2. The third kappa shape index (κ3) is 3.44. The Balaban J connectivity index is 3.11. The maximum absolute atomic E-state index is 10.8. The Bertz CT molecular complexity index is 469. The Labute approximate surface area is 122 Å². The van der Waals surface area contributed by atoms with Crippen molar-refractivity contribution in [3.05, 3.63) is 31.9 Å². The first-order valence-corrected chi connectivity index (χ1v) is 9.66. The minimum Gasteiger partial charge on any atom is -0.543 e. The van der Waals surface area contributed by atoms with Crippen LogP contribution in [0.1, 0.15) is 20.8 Å². The van der Waals surface area contributed by atoms with Crippen molar-refractivity contribution < 1.29 is 9.35 Å². The molecule has 0 saturated heterocycles. The normalized spacial score (nSPS) is 12.3. The summed E-state index contributed by atoms with van der Waals surface area (Å²) in [5.74, 6) is 0.622. The van der Waals surface area contributed by atoms with Crippen LogP contribution in [0.2, 0.25) is 18.1 Å². The molecule has 0 amide bonds. The Morgan fingerprint density at radius 1 is 1.33 bits per heavy atom. The van der Waals surface area contributed by atoms with E-state index in [0.29, 0.717) is 5.75 Å². The molecule has 0 radical (unpaired) electrons. The zero-order valence-electron chi connectivity index (χ0n) is 11.3. The van der Waals surface area contributed by atoms with Crippen LogP contribution in [0.25, 0.3) is 0 Å². The average molecular weight is 379 g/mol. The first-order valence-electron chi connectivity index (χ1n) is 5.67. The molecular formula is C12H18INO3Si. The van der Waals surface area contributed by atoms with Gasteiger partial charge in [-0.2, -0.15) is 0 Å². The Morgan fingerprint density at radius 2 is 1.89 bits per heavy atom. The molecular weight excluding hydrogens is 361 g/mol. The number of non-ortho nitro benzene ring substituents is 1. The lowest BCUT2D eigenvalue weighted by molar-refractivity contribution is -0.384. The maximum atomic E-state index is 10.8. The molecule has 0 atom stereocenters. The fourth-order valence-electron chi connectivity index (χ4n) is 1.11. The van der Waals surface area contributed by atoms with Gasteiger partial charge in [-0.15, -0.1) is 0 Å². The van der Waals surface area contributed by atoms with Crippen molar-refractivity contribution in [1.82, 2.24) is 0 Å². The van der Waals surface area contributed by atoms with Gasteiger partial charge < -0.3 is 4.43 Å². The molecule has 1 aromatic rings. The quantitative estimate of drug-likeness (QED) is 0.334. The number of nitro groups is 1. The number of nitrogens with zero attached hydrogens (tertiary/aromatic N) is 1. The van der Waals surface area contributed by atoms with E-state index in [1.807, 2.05) is 0 Å². The molecule has 1 rings (SSSR count). The summed E-state index contributed by atoms with van der Waals surface area (Å²) in [4.78, 5) is 10.4. The van der Waals surface area contributed by atoms with E-state index in [4.69, 9.17) is 4.43 Å². The predicted octanol–water partition coefficient (Wildman–Crippen LogP) is 4.58. The minimum atomic E-state index is -1.96. The van der Waals surface area contributed by atoms with Crippen LogP contribution in [0.15, 0.2) is 18.2 Å². The summed E-state index contributed by atoms with van der Waals surface area (Å²) < 4.78 is 7.02. The highest BCUT2D eigenvalue weighted by Crippen LogP contribution is 2.39. The van der Waals surface area contributed by atoms with Crippen molar-refractivity contribution in [2.75, 3.05) is 0 Å². The summed E-state index contributed by atoms with van der Waals surface area (Å²) >= 11 is 2.14. The second kappa shape index (κ2) is 5.16. The summed E-state index contributed by atoms with van der Waals surface area (Å²) in [7, 11) is -1.96. The molecule has 0 N–H and O–H groups in total. The fourth-order valence-corrected chi connectivity index (χ4v) is 2.79. The monoisotopic (exact) mass is 379 g/mol. The van der Waals surface area contributed by atoms with Gasteiger partial charge in [0.05, 0.1) is 14.6 Å². The first-order chi connectivity index (χ1) is 8.04. The zero-order chi connectivity index (χ0) is 14.1. The van der Waals surface area contributed by atoms with Crippen molar-refractivity contribution in [3.63, 3.8) is 0 Å². The van der Waals surface area contributed by atoms with Gasteiger partial charge in [0, 0.05) is 6.07 Å². The smallest absolute Gasteiger partial charge is 0.273 e. The van der Waals surface area contributed by atoms with Gasteiger partial charge in [-0.3, -0.25) is 10.1 Å². The second-order valence-corrected chi connectivity index (χ2v) is 11.6. The third-order valence-corrected chi connectivity index (χ3v) is 8.53. The molecule has 18 heavy (non-hydrogen) atoms. The third-order valence-electron chi connectivity index (χ3n) is 3.30. The molecule has 0 saturated carbocycles. The Kier molecular flexibility index (Phi) is 4.42. The number of hydrogen-bond acceptors (Lipinski definition) is 3. The SMILES string of the molecule is CC(C)(C)[Si](C)(C)Oc1cc([N+](=O)[O-])ccc1I. The standard InChI is InChI=1S/C12H18INO3Si/c1-12(2,3)18(4,5)17-11-8-9(14(15)16)6-7-10(11)13/h6-8H,1-5H3. The highest BCUT2D eigenvalue weighted by Gasteiger charge is 2.39. The van der Waals surface area contributed by atoms with Crippen LogP contribution in [0.4, 0.5) is 5.69 Å². The largest absolute Gasteiger partial charge is 0.543 e. The van der Waals surface area contributed by atoms with E-state index >= 15 is 0 Å².